The molecule has 152 valence electrons. The summed E-state index contributed by atoms with van der Waals surface area (Å²) in [5.74, 6) is 1.74. The Balaban J connectivity index is 0.000000948. The van der Waals surface area contributed by atoms with Gasteiger partial charge in [-0.1, -0.05) is 13.8 Å². The molecule has 0 atom stereocenters. The minimum atomic E-state index is 0.325. The molecule has 0 unspecified atom stereocenters. The summed E-state index contributed by atoms with van der Waals surface area (Å²) < 4.78 is 11.1. The van der Waals surface area contributed by atoms with E-state index in [9.17, 15) is 0 Å². The van der Waals surface area contributed by atoms with E-state index in [1.54, 1.807) is 0 Å². The maximum Gasteiger partial charge on any atom is 0.0807 e. The molecular formula is C21H41N3O2. The molecule has 5 heteroatoms. The van der Waals surface area contributed by atoms with Crippen molar-refractivity contribution in [2.75, 3.05) is 73.2 Å². The standard InChI is InChI=1S/C19H35N3O2.C2H6/c1-20-5-3-16(4-6-20)12-22-8-7-21(13-19(22)14-24-15-19)11-17-9-18(10-17)23-2;1-2/h16-18H,3-15H2,1-2H3;1-2H3. The quantitative estimate of drug-likeness (QED) is 0.743. The average molecular weight is 368 g/mol. The number of piperazine rings is 1. The molecule has 0 aromatic carbocycles. The fraction of sp³-hybridized carbons (Fsp3) is 1.00. The van der Waals surface area contributed by atoms with Crippen molar-refractivity contribution in [1.82, 2.24) is 14.7 Å². The maximum atomic E-state index is 5.68. The second kappa shape index (κ2) is 9.33. The predicted octanol–water partition coefficient (Wildman–Crippen LogP) is 2.17. The zero-order chi connectivity index (χ0) is 18.6. The number of ether oxygens (including phenoxy) is 2. The zero-order valence-electron chi connectivity index (χ0n) is 17.6. The largest absolute Gasteiger partial charge is 0.381 e. The van der Waals surface area contributed by atoms with Crippen LogP contribution >= 0.6 is 0 Å². The highest BCUT2D eigenvalue weighted by Crippen LogP contribution is 2.35. The molecule has 0 radical (unpaired) electrons. The molecule has 0 aromatic rings. The van der Waals surface area contributed by atoms with E-state index in [1.165, 1.54) is 71.5 Å². The van der Waals surface area contributed by atoms with Gasteiger partial charge in [-0.15, -0.1) is 0 Å². The van der Waals surface area contributed by atoms with Gasteiger partial charge < -0.3 is 14.4 Å². The Bertz CT molecular complexity index is 415. The van der Waals surface area contributed by atoms with Crippen molar-refractivity contribution >= 4 is 0 Å². The van der Waals surface area contributed by atoms with Gasteiger partial charge in [0.05, 0.1) is 24.9 Å². The Labute approximate surface area is 161 Å². The second-order valence-electron chi connectivity index (χ2n) is 8.84. The Morgan fingerprint density at radius 2 is 1.65 bits per heavy atom. The van der Waals surface area contributed by atoms with Crippen molar-refractivity contribution in [3.63, 3.8) is 0 Å². The lowest BCUT2D eigenvalue weighted by atomic mass is 9.81. The van der Waals surface area contributed by atoms with Crippen LogP contribution in [0.1, 0.15) is 39.5 Å². The summed E-state index contributed by atoms with van der Waals surface area (Å²) in [6.45, 7) is 14.7. The number of methoxy groups -OCH3 is 1. The molecule has 1 aliphatic carbocycles. The van der Waals surface area contributed by atoms with E-state index < -0.39 is 0 Å². The lowest BCUT2D eigenvalue weighted by molar-refractivity contribution is -0.176. The molecule has 5 nitrogen and oxygen atoms in total. The SMILES string of the molecule is CC.COC1CC(CN2CCN(CC3CCN(C)CC3)C3(COC3)C2)C1. The fourth-order valence-corrected chi connectivity index (χ4v) is 5.08. The third kappa shape index (κ3) is 4.61. The highest BCUT2D eigenvalue weighted by molar-refractivity contribution is 5.03. The summed E-state index contributed by atoms with van der Waals surface area (Å²) in [6, 6.07) is 0. The molecule has 0 amide bonds. The van der Waals surface area contributed by atoms with Crippen LogP contribution in [0.5, 0.6) is 0 Å². The summed E-state index contributed by atoms with van der Waals surface area (Å²) in [7, 11) is 4.11. The van der Waals surface area contributed by atoms with E-state index in [1.807, 2.05) is 21.0 Å². The summed E-state index contributed by atoms with van der Waals surface area (Å²) in [5, 5.41) is 0. The molecule has 0 aromatic heterocycles. The van der Waals surface area contributed by atoms with E-state index in [4.69, 9.17) is 9.47 Å². The molecule has 3 heterocycles. The minimum Gasteiger partial charge on any atom is -0.381 e. The van der Waals surface area contributed by atoms with Crippen LogP contribution in [0.15, 0.2) is 0 Å². The molecular weight excluding hydrogens is 326 g/mol. The van der Waals surface area contributed by atoms with Crippen molar-refractivity contribution < 1.29 is 9.47 Å². The number of rotatable bonds is 5. The lowest BCUT2D eigenvalue weighted by Gasteiger charge is -2.57. The van der Waals surface area contributed by atoms with Gasteiger partial charge in [-0.3, -0.25) is 9.80 Å². The van der Waals surface area contributed by atoms with Gasteiger partial charge in [0.15, 0.2) is 0 Å². The Hall–Kier alpha value is -0.200. The van der Waals surface area contributed by atoms with Gasteiger partial charge in [-0.25, -0.2) is 0 Å². The second-order valence-corrected chi connectivity index (χ2v) is 8.84. The highest BCUT2D eigenvalue weighted by atomic mass is 16.5. The summed E-state index contributed by atoms with van der Waals surface area (Å²) in [4.78, 5) is 7.98. The molecule has 0 N–H and O–H groups in total. The van der Waals surface area contributed by atoms with Gasteiger partial charge in [0.1, 0.15) is 0 Å². The fourth-order valence-electron chi connectivity index (χ4n) is 5.08. The molecule has 4 rings (SSSR count). The zero-order valence-corrected chi connectivity index (χ0v) is 17.6. The predicted molar refractivity (Wildman–Crippen MR) is 107 cm³/mol. The molecule has 4 aliphatic rings. The summed E-state index contributed by atoms with van der Waals surface area (Å²) in [5.41, 5.74) is 0.325. The molecule has 1 saturated carbocycles. The molecule has 3 saturated heterocycles. The average Bonchev–Trinajstić information content (AvgIpc) is 2.61. The van der Waals surface area contributed by atoms with Gasteiger partial charge in [-0.05, 0) is 57.7 Å². The molecule has 0 bridgehead atoms. The van der Waals surface area contributed by atoms with E-state index in [-0.39, 0.29) is 0 Å². The van der Waals surface area contributed by atoms with Crippen LogP contribution < -0.4 is 0 Å². The number of likely N-dealkylation sites (tertiary alicyclic amines) is 1. The van der Waals surface area contributed by atoms with Crippen LogP contribution in [0.2, 0.25) is 0 Å². The first-order chi connectivity index (χ1) is 12.7. The number of piperidine rings is 1. The van der Waals surface area contributed by atoms with E-state index in [0.29, 0.717) is 11.6 Å². The number of nitrogens with zero attached hydrogens (tertiary/aromatic N) is 3. The smallest absolute Gasteiger partial charge is 0.0807 e. The molecule has 4 fully saturated rings. The van der Waals surface area contributed by atoms with Gasteiger partial charge in [0, 0.05) is 39.8 Å². The summed E-state index contributed by atoms with van der Waals surface area (Å²) in [6.07, 6.45) is 5.79. The molecule has 26 heavy (non-hydrogen) atoms. The Morgan fingerprint density at radius 3 is 2.23 bits per heavy atom. The van der Waals surface area contributed by atoms with E-state index in [0.717, 1.165) is 25.0 Å². The van der Waals surface area contributed by atoms with Crippen LogP contribution in [-0.2, 0) is 9.47 Å². The number of hydrogen-bond acceptors (Lipinski definition) is 5. The lowest BCUT2D eigenvalue weighted by Crippen LogP contribution is -2.72. The van der Waals surface area contributed by atoms with Crippen LogP contribution in [0.25, 0.3) is 0 Å². The van der Waals surface area contributed by atoms with Gasteiger partial charge in [0.2, 0.25) is 0 Å². The molecule has 3 aliphatic heterocycles. The highest BCUT2D eigenvalue weighted by Gasteiger charge is 2.48. The van der Waals surface area contributed by atoms with Crippen molar-refractivity contribution in [1.29, 1.82) is 0 Å². The minimum absolute atomic E-state index is 0.325. The molecule has 1 spiro atoms. The van der Waals surface area contributed by atoms with Gasteiger partial charge >= 0.3 is 0 Å². The summed E-state index contributed by atoms with van der Waals surface area (Å²) >= 11 is 0. The van der Waals surface area contributed by atoms with Crippen LogP contribution in [0.3, 0.4) is 0 Å². The Morgan fingerprint density at radius 1 is 0.962 bits per heavy atom. The first-order valence-electron chi connectivity index (χ1n) is 10.9. The third-order valence-electron chi connectivity index (χ3n) is 6.98. The van der Waals surface area contributed by atoms with Crippen molar-refractivity contribution in [3.05, 3.63) is 0 Å². The van der Waals surface area contributed by atoms with E-state index in [2.05, 4.69) is 21.7 Å². The van der Waals surface area contributed by atoms with Crippen LogP contribution in [-0.4, -0.2) is 99.5 Å². The normalized spacial score (nSPS) is 33.2. The van der Waals surface area contributed by atoms with E-state index >= 15 is 0 Å². The van der Waals surface area contributed by atoms with Crippen molar-refractivity contribution in [2.45, 2.75) is 51.2 Å². The van der Waals surface area contributed by atoms with Gasteiger partial charge in [0.25, 0.3) is 0 Å². The topological polar surface area (TPSA) is 28.2 Å². The van der Waals surface area contributed by atoms with Crippen molar-refractivity contribution in [3.8, 4) is 0 Å². The first-order valence-corrected chi connectivity index (χ1v) is 10.9. The van der Waals surface area contributed by atoms with Gasteiger partial charge in [-0.2, -0.15) is 0 Å². The van der Waals surface area contributed by atoms with Crippen LogP contribution in [0, 0.1) is 11.8 Å². The Kier molecular flexibility index (Phi) is 7.37. The monoisotopic (exact) mass is 367 g/mol. The maximum absolute atomic E-state index is 5.68. The number of hydrogen-bond donors (Lipinski definition) is 0. The third-order valence-corrected chi connectivity index (χ3v) is 6.98. The van der Waals surface area contributed by atoms with Crippen molar-refractivity contribution in [2.24, 2.45) is 11.8 Å². The van der Waals surface area contributed by atoms with Crippen LogP contribution in [0.4, 0.5) is 0 Å². The first kappa shape index (κ1) is 20.5.